The van der Waals surface area contributed by atoms with E-state index in [1.807, 2.05) is 0 Å². The van der Waals surface area contributed by atoms with Gasteiger partial charge >= 0.3 is 0 Å². The van der Waals surface area contributed by atoms with E-state index in [1.165, 1.54) is 19.3 Å². The summed E-state index contributed by atoms with van der Waals surface area (Å²) < 4.78 is 0. The van der Waals surface area contributed by atoms with Crippen LogP contribution in [0, 0.1) is 28.6 Å². The molecule has 1 aliphatic rings. The van der Waals surface area contributed by atoms with E-state index in [9.17, 15) is 5.26 Å². The van der Waals surface area contributed by atoms with Gasteiger partial charge < -0.3 is 0 Å². The van der Waals surface area contributed by atoms with Crippen molar-refractivity contribution in [3.8, 4) is 6.07 Å². The summed E-state index contributed by atoms with van der Waals surface area (Å²) in [6.45, 7) is 13.7. The van der Waals surface area contributed by atoms with Crippen LogP contribution in [-0.2, 0) is 0 Å². The van der Waals surface area contributed by atoms with E-state index in [0.717, 1.165) is 25.4 Å². The van der Waals surface area contributed by atoms with Gasteiger partial charge in [0.1, 0.15) is 0 Å². The number of hydrogen-bond donors (Lipinski definition) is 0. The SMILES string of the molecule is CCCN(CC)C1CC(C(C)(C)C)CCC1C#N. The zero-order valence-corrected chi connectivity index (χ0v) is 12.9. The molecule has 104 valence electrons. The van der Waals surface area contributed by atoms with Gasteiger partial charge in [-0.1, -0.05) is 34.6 Å². The van der Waals surface area contributed by atoms with Gasteiger partial charge in [-0.15, -0.1) is 0 Å². The van der Waals surface area contributed by atoms with E-state index in [-0.39, 0.29) is 5.92 Å². The first-order valence-electron chi connectivity index (χ1n) is 7.57. The minimum absolute atomic E-state index is 0.245. The summed E-state index contributed by atoms with van der Waals surface area (Å²) >= 11 is 0. The van der Waals surface area contributed by atoms with E-state index in [2.05, 4.69) is 45.6 Å². The largest absolute Gasteiger partial charge is 0.299 e. The van der Waals surface area contributed by atoms with Crippen molar-refractivity contribution in [1.29, 1.82) is 5.26 Å². The van der Waals surface area contributed by atoms with Crippen molar-refractivity contribution in [3.63, 3.8) is 0 Å². The molecule has 3 atom stereocenters. The Bertz CT molecular complexity index is 284. The molecule has 1 rings (SSSR count). The zero-order valence-electron chi connectivity index (χ0n) is 12.9. The molecule has 2 nitrogen and oxygen atoms in total. The van der Waals surface area contributed by atoms with Gasteiger partial charge in [0.15, 0.2) is 0 Å². The predicted molar refractivity (Wildman–Crippen MR) is 77.2 cm³/mol. The Morgan fingerprint density at radius 1 is 1.22 bits per heavy atom. The molecule has 0 aromatic rings. The van der Waals surface area contributed by atoms with Crippen LogP contribution in [0.4, 0.5) is 0 Å². The van der Waals surface area contributed by atoms with E-state index in [0.29, 0.717) is 11.5 Å². The molecule has 0 aliphatic heterocycles. The highest BCUT2D eigenvalue weighted by Gasteiger charge is 2.37. The molecule has 0 radical (unpaired) electrons. The van der Waals surface area contributed by atoms with Crippen molar-refractivity contribution < 1.29 is 0 Å². The third-order valence-corrected chi connectivity index (χ3v) is 4.59. The minimum Gasteiger partial charge on any atom is -0.299 e. The minimum atomic E-state index is 0.245. The molecule has 3 unspecified atom stereocenters. The highest BCUT2D eigenvalue weighted by Crippen LogP contribution is 2.41. The Labute approximate surface area is 113 Å². The second-order valence-electron chi connectivity index (χ2n) is 6.81. The molecule has 1 saturated carbocycles. The van der Waals surface area contributed by atoms with E-state index in [1.54, 1.807) is 0 Å². The van der Waals surface area contributed by atoms with E-state index < -0.39 is 0 Å². The Balaban J connectivity index is 2.79. The molecular weight excluding hydrogens is 220 g/mol. The first-order chi connectivity index (χ1) is 8.43. The smallest absolute Gasteiger partial charge is 0.0672 e. The normalized spacial score (nSPS) is 29.3. The maximum absolute atomic E-state index is 9.39. The number of hydrogen-bond acceptors (Lipinski definition) is 2. The maximum Gasteiger partial charge on any atom is 0.0672 e. The van der Waals surface area contributed by atoms with Gasteiger partial charge in [-0.25, -0.2) is 0 Å². The van der Waals surface area contributed by atoms with Crippen LogP contribution in [-0.4, -0.2) is 24.0 Å². The second kappa shape index (κ2) is 6.57. The molecule has 1 aliphatic carbocycles. The Kier molecular flexibility index (Phi) is 5.66. The van der Waals surface area contributed by atoms with Crippen LogP contribution in [0.15, 0.2) is 0 Å². The molecule has 0 N–H and O–H groups in total. The highest BCUT2D eigenvalue weighted by atomic mass is 15.2. The van der Waals surface area contributed by atoms with Gasteiger partial charge in [-0.2, -0.15) is 5.26 Å². The molecule has 0 amide bonds. The fourth-order valence-electron chi connectivity index (χ4n) is 3.33. The molecule has 0 saturated heterocycles. The third-order valence-electron chi connectivity index (χ3n) is 4.59. The Morgan fingerprint density at radius 2 is 1.89 bits per heavy atom. The van der Waals surface area contributed by atoms with Crippen LogP contribution >= 0.6 is 0 Å². The average Bonchev–Trinajstić information content (AvgIpc) is 2.34. The Hall–Kier alpha value is -0.550. The number of nitrogens with zero attached hydrogens (tertiary/aromatic N) is 2. The average molecular weight is 250 g/mol. The van der Waals surface area contributed by atoms with Crippen LogP contribution < -0.4 is 0 Å². The molecular formula is C16H30N2. The molecule has 0 spiro atoms. The van der Waals surface area contributed by atoms with Crippen LogP contribution in [0.2, 0.25) is 0 Å². The fraction of sp³-hybridized carbons (Fsp3) is 0.938. The Morgan fingerprint density at radius 3 is 2.33 bits per heavy atom. The topological polar surface area (TPSA) is 27.0 Å². The van der Waals surface area contributed by atoms with Gasteiger partial charge in [0.2, 0.25) is 0 Å². The summed E-state index contributed by atoms with van der Waals surface area (Å²) in [4.78, 5) is 2.53. The van der Waals surface area contributed by atoms with Crippen molar-refractivity contribution >= 4 is 0 Å². The van der Waals surface area contributed by atoms with Gasteiger partial charge in [-0.3, -0.25) is 4.90 Å². The lowest BCUT2D eigenvalue weighted by molar-refractivity contribution is 0.0632. The van der Waals surface area contributed by atoms with Crippen LogP contribution in [0.25, 0.3) is 0 Å². The van der Waals surface area contributed by atoms with Gasteiger partial charge in [0, 0.05) is 6.04 Å². The highest BCUT2D eigenvalue weighted by molar-refractivity contribution is 4.99. The molecule has 18 heavy (non-hydrogen) atoms. The van der Waals surface area contributed by atoms with E-state index >= 15 is 0 Å². The van der Waals surface area contributed by atoms with Gasteiger partial charge in [0.25, 0.3) is 0 Å². The molecule has 0 aromatic carbocycles. The van der Waals surface area contributed by atoms with Crippen molar-refractivity contribution in [2.75, 3.05) is 13.1 Å². The summed E-state index contributed by atoms with van der Waals surface area (Å²) in [6, 6.07) is 3.04. The lowest BCUT2D eigenvalue weighted by Crippen LogP contribution is -2.46. The fourth-order valence-corrected chi connectivity index (χ4v) is 3.33. The second-order valence-corrected chi connectivity index (χ2v) is 6.81. The van der Waals surface area contributed by atoms with E-state index in [4.69, 9.17) is 0 Å². The molecule has 0 heterocycles. The summed E-state index contributed by atoms with van der Waals surface area (Å²) in [6.07, 6.45) is 4.70. The van der Waals surface area contributed by atoms with Crippen LogP contribution in [0.1, 0.15) is 60.3 Å². The monoisotopic (exact) mass is 250 g/mol. The van der Waals surface area contributed by atoms with Crippen LogP contribution in [0.3, 0.4) is 0 Å². The first-order valence-corrected chi connectivity index (χ1v) is 7.57. The quantitative estimate of drug-likeness (QED) is 0.752. The van der Waals surface area contributed by atoms with Crippen molar-refractivity contribution in [1.82, 2.24) is 4.90 Å². The molecule has 1 fully saturated rings. The standard InChI is InChI=1S/C16H30N2/c1-6-10-18(7-2)15-11-14(16(3,4)5)9-8-13(15)12-17/h13-15H,6-11H2,1-5H3. The van der Waals surface area contributed by atoms with Gasteiger partial charge in [0.05, 0.1) is 12.0 Å². The number of nitriles is 1. The summed E-state index contributed by atoms with van der Waals surface area (Å²) in [5.41, 5.74) is 0.379. The molecule has 0 bridgehead atoms. The third kappa shape index (κ3) is 3.72. The number of rotatable bonds is 4. The maximum atomic E-state index is 9.39. The zero-order chi connectivity index (χ0) is 13.8. The van der Waals surface area contributed by atoms with Crippen molar-refractivity contribution in [2.24, 2.45) is 17.3 Å². The lowest BCUT2D eigenvalue weighted by atomic mass is 9.68. The van der Waals surface area contributed by atoms with Crippen molar-refractivity contribution in [3.05, 3.63) is 0 Å². The summed E-state index contributed by atoms with van der Waals surface area (Å²) in [5, 5.41) is 9.39. The predicted octanol–water partition coefficient (Wildman–Crippen LogP) is 4.07. The van der Waals surface area contributed by atoms with Gasteiger partial charge in [-0.05, 0) is 50.1 Å². The first kappa shape index (κ1) is 15.5. The van der Waals surface area contributed by atoms with Crippen molar-refractivity contribution in [2.45, 2.75) is 66.3 Å². The summed E-state index contributed by atoms with van der Waals surface area (Å²) in [7, 11) is 0. The molecule has 0 aromatic heterocycles. The van der Waals surface area contributed by atoms with Crippen LogP contribution in [0.5, 0.6) is 0 Å². The molecule has 2 heteroatoms. The summed E-state index contributed by atoms with van der Waals surface area (Å²) in [5.74, 6) is 1.01. The lowest BCUT2D eigenvalue weighted by Gasteiger charge is -2.44.